The Balaban J connectivity index is 1.66. The van der Waals surface area contributed by atoms with Gasteiger partial charge in [0.25, 0.3) is 5.91 Å². The number of benzene rings is 2. The molecule has 0 aliphatic heterocycles. The van der Waals surface area contributed by atoms with Gasteiger partial charge in [0.15, 0.2) is 0 Å². The topological polar surface area (TPSA) is 61.4 Å². The molecular formula is C23H28ClN3O2. The smallest absolute Gasteiger partial charge is 0.253 e. The lowest BCUT2D eigenvalue weighted by Gasteiger charge is -2.25. The number of nitrogens with one attached hydrogen (secondary N) is 2. The number of carbonyl (C=O) groups excluding carboxylic acids is 2. The van der Waals surface area contributed by atoms with Gasteiger partial charge in [-0.3, -0.25) is 9.59 Å². The highest BCUT2D eigenvalue weighted by molar-refractivity contribution is 6.33. The van der Waals surface area contributed by atoms with Crippen LogP contribution in [-0.2, 0) is 4.79 Å². The van der Waals surface area contributed by atoms with Crippen molar-refractivity contribution in [3.05, 3.63) is 70.7 Å². The van der Waals surface area contributed by atoms with Crippen molar-refractivity contribution >= 4 is 23.4 Å². The van der Waals surface area contributed by atoms with Crippen LogP contribution in [0.5, 0.6) is 0 Å². The summed E-state index contributed by atoms with van der Waals surface area (Å²) in [6.45, 7) is 0.621. The average molecular weight is 414 g/mol. The van der Waals surface area contributed by atoms with E-state index >= 15 is 0 Å². The Bertz CT molecular complexity index is 835. The number of likely N-dealkylation sites (N-methyl/N-ethyl adjacent to an activating group) is 1. The summed E-state index contributed by atoms with van der Waals surface area (Å²) in [5.41, 5.74) is 1.28. The molecule has 0 bridgehead atoms. The summed E-state index contributed by atoms with van der Waals surface area (Å²) in [5.74, 6) is 0.294. The summed E-state index contributed by atoms with van der Waals surface area (Å²) in [6.07, 6.45) is 2.61. The number of hydrogen-bond acceptors (Lipinski definition) is 3. The minimum absolute atomic E-state index is 0.0780. The molecule has 0 radical (unpaired) electrons. The van der Waals surface area contributed by atoms with Gasteiger partial charge in [-0.05, 0) is 50.6 Å². The molecule has 2 unspecified atom stereocenters. The molecule has 0 heterocycles. The molecule has 154 valence electrons. The van der Waals surface area contributed by atoms with Crippen molar-refractivity contribution < 1.29 is 9.59 Å². The molecule has 3 rings (SSSR count). The lowest BCUT2D eigenvalue weighted by molar-refractivity contribution is -0.121. The molecule has 2 aromatic carbocycles. The normalized spacial score (nSPS) is 15.6. The second kappa shape index (κ2) is 9.90. The van der Waals surface area contributed by atoms with Crippen LogP contribution in [0.4, 0.5) is 0 Å². The minimum atomic E-state index is -0.432. The van der Waals surface area contributed by atoms with E-state index < -0.39 is 6.04 Å². The molecule has 2 atom stereocenters. The zero-order valence-electron chi connectivity index (χ0n) is 16.9. The van der Waals surface area contributed by atoms with E-state index in [0.29, 0.717) is 29.1 Å². The third kappa shape index (κ3) is 6.05. The van der Waals surface area contributed by atoms with Crippen molar-refractivity contribution in [1.29, 1.82) is 0 Å². The van der Waals surface area contributed by atoms with Crippen LogP contribution in [0, 0.1) is 5.92 Å². The van der Waals surface area contributed by atoms with Gasteiger partial charge in [-0.1, -0.05) is 54.1 Å². The van der Waals surface area contributed by atoms with Crippen LogP contribution in [0.25, 0.3) is 0 Å². The first-order valence-corrected chi connectivity index (χ1v) is 10.4. The van der Waals surface area contributed by atoms with Crippen molar-refractivity contribution in [2.75, 3.05) is 20.6 Å². The van der Waals surface area contributed by atoms with Gasteiger partial charge in [-0.25, -0.2) is 0 Å². The Morgan fingerprint density at radius 3 is 2.34 bits per heavy atom. The molecule has 2 amide bonds. The Labute approximate surface area is 177 Å². The van der Waals surface area contributed by atoms with Gasteiger partial charge >= 0.3 is 0 Å². The third-order valence-corrected chi connectivity index (χ3v) is 5.68. The SMILES string of the molecule is CN(C)C(CNC(=O)CC(NC(=O)c1ccccc1Cl)c1ccccc1)C1CC1. The maximum atomic E-state index is 12.7. The van der Waals surface area contributed by atoms with Crippen molar-refractivity contribution in [1.82, 2.24) is 15.5 Å². The number of nitrogens with zero attached hydrogens (tertiary/aromatic N) is 1. The molecule has 6 heteroatoms. The largest absolute Gasteiger partial charge is 0.354 e. The Kier molecular flexibility index (Phi) is 7.29. The van der Waals surface area contributed by atoms with Crippen LogP contribution in [0.2, 0.25) is 5.02 Å². The zero-order valence-corrected chi connectivity index (χ0v) is 17.7. The molecular weight excluding hydrogens is 386 g/mol. The number of rotatable bonds is 9. The van der Waals surface area contributed by atoms with E-state index in [9.17, 15) is 9.59 Å². The van der Waals surface area contributed by atoms with Crippen LogP contribution >= 0.6 is 11.6 Å². The second-order valence-electron chi connectivity index (χ2n) is 7.79. The van der Waals surface area contributed by atoms with Gasteiger partial charge in [-0.2, -0.15) is 0 Å². The quantitative estimate of drug-likeness (QED) is 0.659. The number of amides is 2. The van der Waals surface area contributed by atoms with Crippen molar-refractivity contribution in [3.63, 3.8) is 0 Å². The Hall–Kier alpha value is -2.37. The fourth-order valence-corrected chi connectivity index (χ4v) is 3.77. The van der Waals surface area contributed by atoms with E-state index in [-0.39, 0.29) is 18.2 Å². The molecule has 1 fully saturated rings. The van der Waals surface area contributed by atoms with Gasteiger partial charge in [0.2, 0.25) is 5.91 Å². The molecule has 0 spiro atoms. The molecule has 29 heavy (non-hydrogen) atoms. The first kappa shape index (κ1) is 21.3. The fourth-order valence-electron chi connectivity index (χ4n) is 3.55. The maximum absolute atomic E-state index is 12.7. The summed E-state index contributed by atoms with van der Waals surface area (Å²) < 4.78 is 0. The fraction of sp³-hybridized carbons (Fsp3) is 0.391. The predicted molar refractivity (Wildman–Crippen MR) is 116 cm³/mol. The van der Waals surface area contributed by atoms with Crippen molar-refractivity contribution in [2.24, 2.45) is 5.92 Å². The predicted octanol–water partition coefficient (Wildman–Crippen LogP) is 3.66. The summed E-state index contributed by atoms with van der Waals surface area (Å²) in [4.78, 5) is 27.6. The number of halogens is 1. The molecule has 5 nitrogen and oxygen atoms in total. The van der Waals surface area contributed by atoms with Crippen LogP contribution in [0.3, 0.4) is 0 Å². The van der Waals surface area contributed by atoms with E-state index in [1.165, 1.54) is 12.8 Å². The second-order valence-corrected chi connectivity index (χ2v) is 8.20. The van der Waals surface area contributed by atoms with Crippen molar-refractivity contribution in [3.8, 4) is 0 Å². The first-order valence-electron chi connectivity index (χ1n) is 9.99. The van der Waals surface area contributed by atoms with E-state index in [1.807, 2.05) is 44.4 Å². The molecule has 2 aromatic rings. The van der Waals surface area contributed by atoms with E-state index in [0.717, 1.165) is 5.56 Å². The molecule has 0 saturated heterocycles. The summed E-state index contributed by atoms with van der Waals surface area (Å²) in [5, 5.41) is 6.41. The van der Waals surface area contributed by atoms with Crippen LogP contribution in [0.15, 0.2) is 54.6 Å². The molecule has 1 aliphatic carbocycles. The molecule has 1 saturated carbocycles. The monoisotopic (exact) mass is 413 g/mol. The van der Waals surface area contributed by atoms with Gasteiger partial charge in [-0.15, -0.1) is 0 Å². The lowest BCUT2D eigenvalue weighted by atomic mass is 10.0. The Morgan fingerprint density at radius 1 is 1.07 bits per heavy atom. The van der Waals surface area contributed by atoms with Crippen molar-refractivity contribution in [2.45, 2.75) is 31.3 Å². The average Bonchev–Trinajstić information content (AvgIpc) is 3.53. The first-order chi connectivity index (χ1) is 14.0. The number of hydrogen-bond donors (Lipinski definition) is 2. The van der Waals surface area contributed by atoms with E-state index in [2.05, 4.69) is 15.5 Å². The van der Waals surface area contributed by atoms with E-state index in [4.69, 9.17) is 11.6 Å². The van der Waals surface area contributed by atoms with E-state index in [1.54, 1.807) is 24.3 Å². The standard InChI is InChI=1S/C23H28ClN3O2/c1-27(2)21(17-12-13-17)15-25-22(28)14-20(16-8-4-3-5-9-16)26-23(29)18-10-6-7-11-19(18)24/h3-11,17,20-21H,12-15H2,1-2H3,(H,25,28)(H,26,29). The highest BCUT2D eigenvalue weighted by Crippen LogP contribution is 2.34. The van der Waals surface area contributed by atoms with Crippen LogP contribution < -0.4 is 10.6 Å². The lowest BCUT2D eigenvalue weighted by Crippen LogP contribution is -2.42. The molecule has 0 aromatic heterocycles. The number of carbonyl (C=O) groups is 2. The third-order valence-electron chi connectivity index (χ3n) is 5.35. The van der Waals surface area contributed by atoms with Gasteiger partial charge in [0.05, 0.1) is 23.0 Å². The van der Waals surface area contributed by atoms with Crippen LogP contribution in [0.1, 0.15) is 41.2 Å². The highest BCUT2D eigenvalue weighted by atomic mass is 35.5. The molecule has 2 N–H and O–H groups in total. The Morgan fingerprint density at radius 2 is 1.72 bits per heavy atom. The summed E-state index contributed by atoms with van der Waals surface area (Å²) in [6, 6.07) is 16.4. The summed E-state index contributed by atoms with van der Waals surface area (Å²) >= 11 is 6.16. The summed E-state index contributed by atoms with van der Waals surface area (Å²) in [7, 11) is 4.09. The van der Waals surface area contributed by atoms with Gasteiger partial charge in [0.1, 0.15) is 0 Å². The maximum Gasteiger partial charge on any atom is 0.253 e. The minimum Gasteiger partial charge on any atom is -0.354 e. The highest BCUT2D eigenvalue weighted by Gasteiger charge is 2.32. The molecule has 1 aliphatic rings. The zero-order chi connectivity index (χ0) is 20.8. The van der Waals surface area contributed by atoms with Gasteiger partial charge < -0.3 is 15.5 Å². The van der Waals surface area contributed by atoms with Crippen LogP contribution in [-0.4, -0.2) is 43.4 Å². The van der Waals surface area contributed by atoms with Gasteiger partial charge in [0, 0.05) is 12.6 Å².